The van der Waals surface area contributed by atoms with E-state index in [4.69, 9.17) is 23.2 Å². The molecule has 0 saturated carbocycles. The predicted molar refractivity (Wildman–Crippen MR) is 80.1 cm³/mol. The Balaban J connectivity index is 1.92. The third-order valence-corrected chi connectivity index (χ3v) is 4.40. The summed E-state index contributed by atoms with van der Waals surface area (Å²) < 4.78 is 1.07. The van der Waals surface area contributed by atoms with Gasteiger partial charge in [-0.25, -0.2) is 0 Å². The van der Waals surface area contributed by atoms with E-state index < -0.39 is 0 Å². The Bertz CT molecular complexity index is 605. The lowest BCUT2D eigenvalue weighted by Gasteiger charge is -2.05. The van der Waals surface area contributed by atoms with E-state index in [0.717, 1.165) is 10.2 Å². The quantitative estimate of drug-likeness (QED) is 0.881. The van der Waals surface area contributed by atoms with Crippen molar-refractivity contribution in [3.63, 3.8) is 0 Å². The highest BCUT2D eigenvalue weighted by atomic mass is 79.9. The van der Waals surface area contributed by atoms with Crippen LogP contribution < -0.4 is 5.32 Å². The summed E-state index contributed by atoms with van der Waals surface area (Å²) in [7, 11) is 0. The number of aromatic nitrogens is 2. The molecule has 0 aromatic carbocycles. The second kappa shape index (κ2) is 6.65. The van der Waals surface area contributed by atoms with Crippen LogP contribution in [0.4, 0.5) is 0 Å². The molecule has 0 unspecified atom stereocenters. The van der Waals surface area contributed by atoms with Crippen LogP contribution >= 0.6 is 50.5 Å². The average molecular weight is 381 g/mol. The van der Waals surface area contributed by atoms with Gasteiger partial charge in [0, 0.05) is 11.4 Å². The van der Waals surface area contributed by atoms with Crippen molar-refractivity contribution in [1.29, 1.82) is 0 Å². The number of thiophene rings is 1. The minimum atomic E-state index is -0.308. The normalized spacial score (nSPS) is 10.5. The van der Waals surface area contributed by atoms with Gasteiger partial charge in [0.15, 0.2) is 10.3 Å². The van der Waals surface area contributed by atoms with E-state index in [1.54, 1.807) is 11.3 Å². The predicted octanol–water partition coefficient (Wildman–Crippen LogP) is 3.58. The van der Waals surface area contributed by atoms with Gasteiger partial charge in [-0.2, -0.15) is 0 Å². The van der Waals surface area contributed by atoms with Crippen LogP contribution in [0.15, 0.2) is 22.0 Å². The first kappa shape index (κ1) is 14.7. The topological polar surface area (TPSA) is 54.9 Å². The zero-order chi connectivity index (χ0) is 13.8. The zero-order valence-electron chi connectivity index (χ0n) is 9.49. The van der Waals surface area contributed by atoms with Gasteiger partial charge in [0.2, 0.25) is 0 Å². The first-order valence-electron chi connectivity index (χ1n) is 5.27. The van der Waals surface area contributed by atoms with Crippen LogP contribution in [-0.4, -0.2) is 22.6 Å². The molecule has 2 aromatic rings. The smallest absolute Gasteiger partial charge is 0.254 e. The molecule has 0 saturated heterocycles. The van der Waals surface area contributed by atoms with Crippen LogP contribution in [0.1, 0.15) is 15.2 Å². The summed E-state index contributed by atoms with van der Waals surface area (Å²) in [6, 6.07) is 5.39. The second-order valence-electron chi connectivity index (χ2n) is 3.58. The second-order valence-corrected chi connectivity index (χ2v) is 6.88. The summed E-state index contributed by atoms with van der Waals surface area (Å²) in [5.74, 6) is -0.308. The van der Waals surface area contributed by atoms with E-state index in [0.29, 0.717) is 6.54 Å². The molecular formula is C11H8BrCl2N3OS. The molecule has 0 atom stereocenters. The number of nitrogens with one attached hydrogen (secondary N) is 1. The van der Waals surface area contributed by atoms with Crippen LogP contribution in [0.25, 0.3) is 0 Å². The van der Waals surface area contributed by atoms with Crippen LogP contribution in [0, 0.1) is 0 Å². The van der Waals surface area contributed by atoms with Crippen molar-refractivity contribution in [3.8, 4) is 0 Å². The van der Waals surface area contributed by atoms with Gasteiger partial charge in [-0.3, -0.25) is 4.79 Å². The fourth-order valence-electron chi connectivity index (χ4n) is 1.39. The fourth-order valence-corrected chi connectivity index (χ4v) is 3.20. The van der Waals surface area contributed by atoms with E-state index in [9.17, 15) is 4.79 Å². The number of hydrogen-bond donors (Lipinski definition) is 1. The third kappa shape index (κ3) is 4.14. The van der Waals surface area contributed by atoms with Gasteiger partial charge in [0.25, 0.3) is 5.91 Å². The van der Waals surface area contributed by atoms with Crippen LogP contribution in [0.5, 0.6) is 0 Å². The van der Waals surface area contributed by atoms with E-state index in [-0.39, 0.29) is 21.8 Å². The highest BCUT2D eigenvalue weighted by molar-refractivity contribution is 9.11. The van der Waals surface area contributed by atoms with E-state index in [1.165, 1.54) is 10.9 Å². The molecule has 4 nitrogen and oxygen atoms in total. The van der Waals surface area contributed by atoms with Crippen molar-refractivity contribution >= 4 is 56.4 Å². The van der Waals surface area contributed by atoms with Crippen LogP contribution in [0.3, 0.4) is 0 Å². The van der Waals surface area contributed by atoms with Crippen molar-refractivity contribution in [3.05, 3.63) is 42.7 Å². The van der Waals surface area contributed by atoms with Gasteiger partial charge in [-0.15, -0.1) is 21.5 Å². The first-order valence-corrected chi connectivity index (χ1v) is 7.64. The highest BCUT2D eigenvalue weighted by Gasteiger charge is 2.12. The SMILES string of the molecule is O=C(NCCc1ccc(Br)s1)c1cc(Cl)nnc1Cl. The van der Waals surface area contributed by atoms with Crippen LogP contribution in [0.2, 0.25) is 10.3 Å². The summed E-state index contributed by atoms with van der Waals surface area (Å²) in [5, 5.41) is 10.1. The first-order chi connectivity index (χ1) is 9.06. The molecule has 0 aliphatic heterocycles. The zero-order valence-corrected chi connectivity index (χ0v) is 13.4. The Morgan fingerprint density at radius 2 is 2.16 bits per heavy atom. The summed E-state index contributed by atoms with van der Waals surface area (Å²) in [5.41, 5.74) is 0.231. The van der Waals surface area contributed by atoms with Crippen LogP contribution in [-0.2, 0) is 6.42 Å². The maximum atomic E-state index is 11.9. The molecule has 100 valence electrons. The number of carbonyl (C=O) groups is 1. The Labute approximate surface area is 132 Å². The molecule has 1 N–H and O–H groups in total. The number of nitrogens with zero attached hydrogens (tertiary/aromatic N) is 2. The molecule has 2 aromatic heterocycles. The van der Waals surface area contributed by atoms with E-state index >= 15 is 0 Å². The minimum Gasteiger partial charge on any atom is -0.352 e. The van der Waals surface area contributed by atoms with Crippen molar-refractivity contribution < 1.29 is 4.79 Å². The number of rotatable bonds is 4. The molecule has 0 radical (unpaired) electrons. The van der Waals surface area contributed by atoms with Gasteiger partial charge >= 0.3 is 0 Å². The van der Waals surface area contributed by atoms with Gasteiger partial charge in [-0.1, -0.05) is 23.2 Å². The number of amides is 1. The highest BCUT2D eigenvalue weighted by Crippen LogP contribution is 2.22. The van der Waals surface area contributed by atoms with Gasteiger partial charge < -0.3 is 5.32 Å². The van der Waals surface area contributed by atoms with Gasteiger partial charge in [0.05, 0.1) is 9.35 Å². The molecule has 0 spiro atoms. The van der Waals surface area contributed by atoms with E-state index in [1.807, 2.05) is 12.1 Å². The van der Waals surface area contributed by atoms with Crippen molar-refractivity contribution in [2.45, 2.75) is 6.42 Å². The molecule has 0 bridgehead atoms. The molecule has 1 amide bonds. The Hall–Kier alpha value is -0.690. The Kier molecular flexibility index (Phi) is 5.15. The molecule has 0 aliphatic carbocycles. The van der Waals surface area contributed by atoms with Crippen molar-refractivity contribution in [2.75, 3.05) is 6.54 Å². The molecule has 8 heteroatoms. The standard InChI is InChI=1S/C11H8BrCl2N3OS/c12-8-2-1-6(19-8)3-4-15-11(18)7-5-9(13)16-17-10(7)14/h1-2,5H,3-4H2,(H,15,18). The number of hydrogen-bond acceptors (Lipinski definition) is 4. The lowest BCUT2D eigenvalue weighted by molar-refractivity contribution is 0.0954. The van der Waals surface area contributed by atoms with Gasteiger partial charge in [0.1, 0.15) is 0 Å². The molecule has 19 heavy (non-hydrogen) atoms. The summed E-state index contributed by atoms with van der Waals surface area (Å²) in [4.78, 5) is 13.1. The molecule has 2 heterocycles. The average Bonchev–Trinajstić information content (AvgIpc) is 2.78. The molecule has 2 rings (SSSR count). The summed E-state index contributed by atoms with van der Waals surface area (Å²) >= 11 is 16.5. The molecular weight excluding hydrogens is 373 g/mol. The summed E-state index contributed by atoms with van der Waals surface area (Å²) in [6.07, 6.45) is 0.756. The number of carbonyl (C=O) groups excluding carboxylic acids is 1. The number of halogens is 3. The lowest BCUT2D eigenvalue weighted by Crippen LogP contribution is -2.26. The largest absolute Gasteiger partial charge is 0.352 e. The Morgan fingerprint density at radius 1 is 1.37 bits per heavy atom. The van der Waals surface area contributed by atoms with Crippen molar-refractivity contribution in [2.24, 2.45) is 0 Å². The molecule has 0 aliphatic rings. The maximum Gasteiger partial charge on any atom is 0.254 e. The maximum absolute atomic E-state index is 11.9. The fraction of sp³-hybridized carbons (Fsp3) is 0.182. The third-order valence-electron chi connectivity index (χ3n) is 2.25. The van der Waals surface area contributed by atoms with Gasteiger partial charge in [-0.05, 0) is 40.5 Å². The minimum absolute atomic E-state index is 0.0424. The van der Waals surface area contributed by atoms with E-state index in [2.05, 4.69) is 31.4 Å². The monoisotopic (exact) mass is 379 g/mol. The molecule has 0 fully saturated rings. The lowest BCUT2D eigenvalue weighted by atomic mass is 10.3. The summed E-state index contributed by atoms with van der Waals surface area (Å²) in [6.45, 7) is 0.516. The Morgan fingerprint density at radius 3 is 2.84 bits per heavy atom. The van der Waals surface area contributed by atoms with Crippen molar-refractivity contribution in [1.82, 2.24) is 15.5 Å².